The molecule has 0 unspecified atom stereocenters. The zero-order valence-electron chi connectivity index (χ0n) is 15.1. The first-order valence-corrected chi connectivity index (χ1v) is 9.97. The Morgan fingerprint density at radius 3 is 2.36 bits per heavy atom. The fourth-order valence-corrected chi connectivity index (χ4v) is 4.81. The molecule has 3 aromatic rings. The van der Waals surface area contributed by atoms with Crippen LogP contribution in [0.25, 0.3) is 15.9 Å². The van der Waals surface area contributed by atoms with E-state index in [0.717, 1.165) is 5.56 Å². The van der Waals surface area contributed by atoms with Crippen molar-refractivity contribution in [2.45, 2.75) is 44.7 Å². The van der Waals surface area contributed by atoms with Gasteiger partial charge >= 0.3 is 6.18 Å². The van der Waals surface area contributed by atoms with Crippen molar-refractivity contribution in [1.29, 1.82) is 0 Å². The predicted molar refractivity (Wildman–Crippen MR) is 101 cm³/mol. The number of thiophene rings is 1. The zero-order valence-corrected chi connectivity index (χ0v) is 15.9. The van der Waals surface area contributed by atoms with E-state index in [1.54, 1.807) is 0 Å². The summed E-state index contributed by atoms with van der Waals surface area (Å²) in [4.78, 5) is 17.9. The first kappa shape index (κ1) is 19.1. The van der Waals surface area contributed by atoms with Gasteiger partial charge in [0.2, 0.25) is 0 Å². The van der Waals surface area contributed by atoms with Gasteiger partial charge in [-0.05, 0) is 67.8 Å². The number of halogens is 4. The van der Waals surface area contributed by atoms with Crippen LogP contribution in [0.15, 0.2) is 34.4 Å². The molecule has 2 aromatic heterocycles. The van der Waals surface area contributed by atoms with Crippen LogP contribution in [0.5, 0.6) is 0 Å². The van der Waals surface area contributed by atoms with Gasteiger partial charge in [0.05, 0.1) is 17.1 Å². The summed E-state index contributed by atoms with van der Waals surface area (Å²) in [6, 6.07) is 5.51. The van der Waals surface area contributed by atoms with E-state index in [9.17, 15) is 22.4 Å². The fraction of sp³-hybridized carbons (Fsp3) is 0.400. The molecule has 1 saturated carbocycles. The Hall–Kier alpha value is -2.22. The second-order valence-corrected chi connectivity index (χ2v) is 8.15. The molecule has 1 aliphatic carbocycles. The SMILES string of the molecule is Cc1csc2c(=O)n(-c3ccc(F)cc3)c(C3CCC(C(F)(F)F)CC3)nc12. The topological polar surface area (TPSA) is 34.9 Å². The summed E-state index contributed by atoms with van der Waals surface area (Å²) in [6.45, 7) is 1.86. The molecule has 0 aliphatic heterocycles. The van der Waals surface area contributed by atoms with Crippen molar-refractivity contribution >= 4 is 21.6 Å². The minimum Gasteiger partial charge on any atom is -0.267 e. The highest BCUT2D eigenvalue weighted by atomic mass is 32.1. The van der Waals surface area contributed by atoms with Crippen molar-refractivity contribution in [1.82, 2.24) is 9.55 Å². The number of hydrogen-bond donors (Lipinski definition) is 0. The first-order chi connectivity index (χ1) is 13.3. The van der Waals surface area contributed by atoms with Gasteiger partial charge in [-0.15, -0.1) is 11.3 Å². The third kappa shape index (κ3) is 3.34. The minimum absolute atomic E-state index is 0.0219. The van der Waals surface area contributed by atoms with Crippen LogP contribution in [0, 0.1) is 18.7 Å². The Morgan fingerprint density at radius 1 is 1.11 bits per heavy atom. The molecule has 28 heavy (non-hydrogen) atoms. The Kier molecular flexibility index (Phi) is 4.77. The fourth-order valence-electron chi connectivity index (χ4n) is 3.89. The molecule has 0 spiro atoms. The number of rotatable bonds is 2. The van der Waals surface area contributed by atoms with Gasteiger partial charge in [-0.2, -0.15) is 13.2 Å². The molecule has 1 aromatic carbocycles. The van der Waals surface area contributed by atoms with Crippen LogP contribution < -0.4 is 5.56 Å². The Balaban J connectivity index is 1.83. The van der Waals surface area contributed by atoms with Gasteiger partial charge in [-0.1, -0.05) is 0 Å². The van der Waals surface area contributed by atoms with Crippen LogP contribution in [0.3, 0.4) is 0 Å². The van der Waals surface area contributed by atoms with E-state index in [1.807, 2.05) is 12.3 Å². The van der Waals surface area contributed by atoms with Crippen LogP contribution in [-0.4, -0.2) is 15.7 Å². The minimum atomic E-state index is -4.19. The first-order valence-electron chi connectivity index (χ1n) is 9.09. The molecule has 2 heterocycles. The summed E-state index contributed by atoms with van der Waals surface area (Å²) in [5, 5.41) is 1.85. The quantitative estimate of drug-likeness (QED) is 0.506. The van der Waals surface area contributed by atoms with Crippen molar-refractivity contribution < 1.29 is 17.6 Å². The lowest BCUT2D eigenvalue weighted by Gasteiger charge is -2.30. The van der Waals surface area contributed by atoms with Crippen LogP contribution in [0.2, 0.25) is 0 Å². The third-order valence-electron chi connectivity index (χ3n) is 5.44. The Labute approximate surface area is 162 Å². The number of hydrogen-bond acceptors (Lipinski definition) is 3. The van der Waals surface area contributed by atoms with Crippen molar-refractivity contribution in [3.05, 3.63) is 57.2 Å². The van der Waals surface area contributed by atoms with Gasteiger partial charge < -0.3 is 0 Å². The normalized spacial score (nSPS) is 20.6. The lowest BCUT2D eigenvalue weighted by Crippen LogP contribution is -2.30. The van der Waals surface area contributed by atoms with Gasteiger partial charge in [-0.25, -0.2) is 9.37 Å². The number of benzene rings is 1. The van der Waals surface area contributed by atoms with E-state index in [2.05, 4.69) is 0 Å². The molecule has 1 aliphatic rings. The molecule has 0 radical (unpaired) electrons. The van der Waals surface area contributed by atoms with Crippen LogP contribution in [-0.2, 0) is 0 Å². The van der Waals surface area contributed by atoms with E-state index in [-0.39, 0.29) is 24.3 Å². The maximum atomic E-state index is 13.4. The molecule has 8 heteroatoms. The zero-order chi connectivity index (χ0) is 20.1. The maximum Gasteiger partial charge on any atom is 0.391 e. The smallest absolute Gasteiger partial charge is 0.267 e. The molecular weight excluding hydrogens is 392 g/mol. The molecule has 4 rings (SSSR count). The summed E-state index contributed by atoms with van der Waals surface area (Å²) < 4.78 is 54.4. The van der Waals surface area contributed by atoms with E-state index < -0.39 is 17.9 Å². The third-order valence-corrected chi connectivity index (χ3v) is 6.51. The van der Waals surface area contributed by atoms with Gasteiger partial charge in [0.1, 0.15) is 16.3 Å². The van der Waals surface area contributed by atoms with Crippen molar-refractivity contribution in [3.63, 3.8) is 0 Å². The van der Waals surface area contributed by atoms with Crippen LogP contribution in [0.1, 0.15) is 43.0 Å². The summed E-state index contributed by atoms with van der Waals surface area (Å²) in [6.07, 6.45) is -3.52. The molecule has 3 nitrogen and oxygen atoms in total. The predicted octanol–water partition coefficient (Wildman–Crippen LogP) is 5.73. The van der Waals surface area contributed by atoms with Crippen molar-refractivity contribution in [2.24, 2.45) is 5.92 Å². The van der Waals surface area contributed by atoms with E-state index in [4.69, 9.17) is 4.98 Å². The standard InChI is InChI=1S/C20H18F4N2OS/c1-11-10-28-17-16(11)25-18(12-2-4-13(5-3-12)20(22,23)24)26(19(17)27)15-8-6-14(21)7-9-15/h6-10,12-13H,2-5H2,1H3. The molecule has 1 fully saturated rings. The average molecular weight is 410 g/mol. The Bertz CT molecular complexity index is 1060. The van der Waals surface area contributed by atoms with Gasteiger partial charge in [0, 0.05) is 5.92 Å². The molecule has 0 N–H and O–H groups in total. The van der Waals surface area contributed by atoms with Crippen molar-refractivity contribution in [2.75, 3.05) is 0 Å². The highest BCUT2D eigenvalue weighted by molar-refractivity contribution is 7.17. The van der Waals surface area contributed by atoms with E-state index in [0.29, 0.717) is 34.6 Å². The molecule has 0 bridgehead atoms. The highest BCUT2D eigenvalue weighted by Gasteiger charge is 2.42. The second-order valence-electron chi connectivity index (χ2n) is 7.27. The van der Waals surface area contributed by atoms with Gasteiger partial charge in [0.25, 0.3) is 5.56 Å². The number of aromatic nitrogens is 2. The van der Waals surface area contributed by atoms with Gasteiger partial charge in [0.15, 0.2) is 0 Å². The van der Waals surface area contributed by atoms with Crippen LogP contribution in [0.4, 0.5) is 17.6 Å². The summed E-state index contributed by atoms with van der Waals surface area (Å²) >= 11 is 1.29. The highest BCUT2D eigenvalue weighted by Crippen LogP contribution is 2.43. The maximum absolute atomic E-state index is 13.4. The molecule has 0 amide bonds. The molecule has 0 saturated heterocycles. The van der Waals surface area contributed by atoms with Crippen molar-refractivity contribution in [3.8, 4) is 5.69 Å². The number of aryl methyl sites for hydroxylation is 1. The average Bonchev–Trinajstić information content (AvgIpc) is 3.03. The summed E-state index contributed by atoms with van der Waals surface area (Å²) in [5.74, 6) is -1.52. The largest absolute Gasteiger partial charge is 0.391 e. The lowest BCUT2D eigenvalue weighted by atomic mass is 9.81. The summed E-state index contributed by atoms with van der Waals surface area (Å²) in [5.41, 5.74) is 1.68. The molecule has 0 atom stereocenters. The molecule has 148 valence electrons. The number of fused-ring (bicyclic) bond motifs is 1. The second kappa shape index (κ2) is 6.99. The van der Waals surface area contributed by atoms with E-state index >= 15 is 0 Å². The summed E-state index contributed by atoms with van der Waals surface area (Å²) in [7, 11) is 0. The van der Waals surface area contributed by atoms with Crippen LogP contribution >= 0.6 is 11.3 Å². The number of alkyl halides is 3. The van der Waals surface area contributed by atoms with Gasteiger partial charge in [-0.3, -0.25) is 9.36 Å². The lowest BCUT2D eigenvalue weighted by molar-refractivity contribution is -0.182. The monoisotopic (exact) mass is 410 g/mol. The number of nitrogens with zero attached hydrogens (tertiary/aromatic N) is 2. The Morgan fingerprint density at radius 2 is 1.75 bits per heavy atom. The van der Waals surface area contributed by atoms with E-state index in [1.165, 1.54) is 40.2 Å². The molecular formula is C20H18F4N2OS.